The number of hydrogen-bond acceptors (Lipinski definition) is 3. The van der Waals surface area contributed by atoms with Crippen molar-refractivity contribution < 1.29 is 14.3 Å². The van der Waals surface area contributed by atoms with E-state index in [1.807, 2.05) is 0 Å². The minimum absolute atomic E-state index is 0.256. The first kappa shape index (κ1) is 14.4. The summed E-state index contributed by atoms with van der Waals surface area (Å²) in [6.45, 7) is 0. The van der Waals surface area contributed by atoms with Crippen LogP contribution in [0.3, 0.4) is 0 Å². The zero-order chi connectivity index (χ0) is 15.2. The van der Waals surface area contributed by atoms with Gasteiger partial charge in [-0.1, -0.05) is 6.07 Å². The molecule has 108 valence electrons. The first-order valence-electron chi connectivity index (χ1n) is 6.20. The molecule has 2 rings (SSSR count). The third-order valence-electron chi connectivity index (χ3n) is 2.74. The minimum atomic E-state index is -0.649. The predicted octanol–water partition coefficient (Wildman–Crippen LogP) is 2.44. The molecule has 0 aliphatic rings. The van der Waals surface area contributed by atoms with Crippen LogP contribution in [0.5, 0.6) is 5.75 Å². The Balaban J connectivity index is 2.07. The summed E-state index contributed by atoms with van der Waals surface area (Å²) in [4.78, 5) is 22.8. The molecule has 0 fully saturated rings. The van der Waals surface area contributed by atoms with E-state index in [-0.39, 0.29) is 5.91 Å². The number of carbonyl (C=O) groups is 2. The molecule has 0 saturated heterocycles. The second-order valence-electron chi connectivity index (χ2n) is 4.25. The number of carbonyl (C=O) groups excluding carboxylic acids is 2. The van der Waals surface area contributed by atoms with E-state index in [9.17, 15) is 9.59 Å². The van der Waals surface area contributed by atoms with Crippen LogP contribution in [0.25, 0.3) is 0 Å². The smallest absolute Gasteiger partial charge is 0.316 e. The van der Waals surface area contributed by atoms with Crippen molar-refractivity contribution in [1.82, 2.24) is 0 Å². The van der Waals surface area contributed by atoms with Gasteiger partial charge in [-0.2, -0.15) is 0 Å². The Hall–Kier alpha value is -3.02. The number of hydrogen-bond donors (Lipinski definition) is 3. The van der Waals surface area contributed by atoms with Crippen LogP contribution < -0.4 is 21.1 Å². The van der Waals surface area contributed by atoms with E-state index in [0.29, 0.717) is 22.7 Å². The Bertz CT molecular complexity index is 653. The fourth-order valence-corrected chi connectivity index (χ4v) is 1.75. The van der Waals surface area contributed by atoms with Crippen molar-refractivity contribution in [2.75, 3.05) is 17.7 Å². The molecule has 2 aromatic rings. The first-order chi connectivity index (χ1) is 10.1. The fraction of sp³-hybridized carbons (Fsp3) is 0.0667. The lowest BCUT2D eigenvalue weighted by Gasteiger charge is -2.08. The summed E-state index contributed by atoms with van der Waals surface area (Å²) in [5.41, 5.74) is 6.64. The van der Waals surface area contributed by atoms with Crippen molar-refractivity contribution in [1.29, 1.82) is 0 Å². The zero-order valence-corrected chi connectivity index (χ0v) is 11.4. The van der Waals surface area contributed by atoms with Crippen LogP contribution in [0.1, 0.15) is 10.4 Å². The van der Waals surface area contributed by atoms with Crippen LogP contribution >= 0.6 is 0 Å². The van der Waals surface area contributed by atoms with E-state index in [1.54, 1.807) is 55.6 Å². The Morgan fingerprint density at radius 3 is 2.33 bits per heavy atom. The van der Waals surface area contributed by atoms with Crippen molar-refractivity contribution in [3.63, 3.8) is 0 Å². The number of nitrogens with one attached hydrogen (secondary N) is 2. The SMILES string of the molecule is COc1cccc(NC(=O)c2ccc(NC(N)=O)cc2)c1. The summed E-state index contributed by atoms with van der Waals surface area (Å²) in [5.74, 6) is 0.405. The van der Waals surface area contributed by atoms with Gasteiger partial charge in [-0.3, -0.25) is 4.79 Å². The Kier molecular flexibility index (Phi) is 4.40. The quantitative estimate of drug-likeness (QED) is 0.805. The molecule has 0 radical (unpaired) electrons. The number of amides is 3. The van der Waals surface area contributed by atoms with E-state index >= 15 is 0 Å². The van der Waals surface area contributed by atoms with Crippen LogP contribution in [0, 0.1) is 0 Å². The fourth-order valence-electron chi connectivity index (χ4n) is 1.75. The van der Waals surface area contributed by atoms with Gasteiger partial charge in [0.1, 0.15) is 5.75 Å². The molecule has 3 amide bonds. The lowest BCUT2D eigenvalue weighted by atomic mass is 10.2. The number of benzene rings is 2. The Morgan fingerprint density at radius 1 is 1.00 bits per heavy atom. The molecule has 6 nitrogen and oxygen atoms in total. The summed E-state index contributed by atoms with van der Waals surface area (Å²) < 4.78 is 5.09. The van der Waals surface area contributed by atoms with Gasteiger partial charge in [0.05, 0.1) is 7.11 Å². The third-order valence-corrected chi connectivity index (χ3v) is 2.74. The van der Waals surface area contributed by atoms with E-state index < -0.39 is 6.03 Å². The van der Waals surface area contributed by atoms with Gasteiger partial charge in [0.2, 0.25) is 0 Å². The average Bonchev–Trinajstić information content (AvgIpc) is 2.47. The third kappa shape index (κ3) is 3.97. The van der Waals surface area contributed by atoms with Crippen LogP contribution in [-0.2, 0) is 0 Å². The van der Waals surface area contributed by atoms with Gasteiger partial charge in [-0.05, 0) is 36.4 Å². The highest BCUT2D eigenvalue weighted by atomic mass is 16.5. The number of urea groups is 1. The normalized spacial score (nSPS) is 9.76. The zero-order valence-electron chi connectivity index (χ0n) is 11.4. The highest BCUT2D eigenvalue weighted by Gasteiger charge is 2.07. The van der Waals surface area contributed by atoms with Crippen LogP contribution in [0.15, 0.2) is 48.5 Å². The molecule has 0 bridgehead atoms. The van der Waals surface area contributed by atoms with Crippen LogP contribution in [0.4, 0.5) is 16.2 Å². The molecule has 4 N–H and O–H groups in total. The maximum atomic E-state index is 12.1. The molecule has 0 aromatic heterocycles. The number of ether oxygens (including phenoxy) is 1. The summed E-state index contributed by atoms with van der Waals surface area (Å²) >= 11 is 0. The maximum Gasteiger partial charge on any atom is 0.316 e. The number of primary amides is 1. The molecule has 0 aliphatic carbocycles. The number of nitrogens with two attached hydrogens (primary N) is 1. The summed E-state index contributed by atoms with van der Waals surface area (Å²) in [5, 5.41) is 5.19. The molecule has 0 aliphatic heterocycles. The molecule has 0 atom stereocenters. The monoisotopic (exact) mass is 285 g/mol. The second kappa shape index (κ2) is 6.42. The number of rotatable bonds is 4. The molecule has 21 heavy (non-hydrogen) atoms. The van der Waals surface area contributed by atoms with Crippen LogP contribution in [0.2, 0.25) is 0 Å². The van der Waals surface area contributed by atoms with Crippen molar-refractivity contribution in [3.05, 3.63) is 54.1 Å². The van der Waals surface area contributed by atoms with Gasteiger partial charge >= 0.3 is 6.03 Å². The summed E-state index contributed by atoms with van der Waals surface area (Å²) in [7, 11) is 1.56. The molecule has 0 saturated carbocycles. The highest BCUT2D eigenvalue weighted by Crippen LogP contribution is 2.18. The first-order valence-corrected chi connectivity index (χ1v) is 6.20. The van der Waals surface area contributed by atoms with E-state index in [0.717, 1.165) is 0 Å². The van der Waals surface area contributed by atoms with Crippen LogP contribution in [-0.4, -0.2) is 19.0 Å². The predicted molar refractivity (Wildman–Crippen MR) is 80.6 cm³/mol. The van der Waals surface area contributed by atoms with Crippen molar-refractivity contribution in [2.24, 2.45) is 5.73 Å². The van der Waals surface area contributed by atoms with Crippen molar-refractivity contribution in [3.8, 4) is 5.75 Å². The van der Waals surface area contributed by atoms with Gasteiger partial charge in [-0.25, -0.2) is 4.79 Å². The topological polar surface area (TPSA) is 93.4 Å². The van der Waals surface area contributed by atoms with Gasteiger partial charge in [0, 0.05) is 23.0 Å². The Morgan fingerprint density at radius 2 is 1.71 bits per heavy atom. The Labute approximate surface area is 121 Å². The molecule has 2 aromatic carbocycles. The van der Waals surface area contributed by atoms with E-state index in [4.69, 9.17) is 10.5 Å². The van der Waals surface area contributed by atoms with Gasteiger partial charge in [0.15, 0.2) is 0 Å². The minimum Gasteiger partial charge on any atom is -0.497 e. The maximum absolute atomic E-state index is 12.1. The highest BCUT2D eigenvalue weighted by molar-refractivity contribution is 6.04. The molecular formula is C15H15N3O3. The molecule has 0 heterocycles. The summed E-state index contributed by atoms with van der Waals surface area (Å²) in [6, 6.07) is 12.8. The van der Waals surface area contributed by atoms with Gasteiger partial charge in [-0.15, -0.1) is 0 Å². The lowest BCUT2D eigenvalue weighted by molar-refractivity contribution is 0.102. The second-order valence-corrected chi connectivity index (χ2v) is 4.25. The molecular weight excluding hydrogens is 270 g/mol. The number of anilines is 2. The standard InChI is InChI=1S/C15H15N3O3/c1-21-13-4-2-3-12(9-13)17-14(19)10-5-7-11(8-6-10)18-15(16)20/h2-9H,1H3,(H,17,19)(H3,16,18,20). The molecule has 0 unspecified atom stereocenters. The van der Waals surface area contributed by atoms with Gasteiger partial charge < -0.3 is 21.1 Å². The largest absolute Gasteiger partial charge is 0.497 e. The van der Waals surface area contributed by atoms with E-state index in [1.165, 1.54) is 0 Å². The van der Waals surface area contributed by atoms with E-state index in [2.05, 4.69) is 10.6 Å². The van der Waals surface area contributed by atoms with Crippen molar-refractivity contribution >= 4 is 23.3 Å². The lowest BCUT2D eigenvalue weighted by Crippen LogP contribution is -2.19. The summed E-state index contributed by atoms with van der Waals surface area (Å²) in [6.07, 6.45) is 0. The van der Waals surface area contributed by atoms with Crippen molar-refractivity contribution in [2.45, 2.75) is 0 Å². The number of methoxy groups -OCH3 is 1. The molecule has 0 spiro atoms. The molecule has 6 heteroatoms. The average molecular weight is 285 g/mol. The van der Waals surface area contributed by atoms with Gasteiger partial charge in [0.25, 0.3) is 5.91 Å².